The van der Waals surface area contributed by atoms with E-state index in [0.29, 0.717) is 0 Å². The third-order valence-corrected chi connectivity index (χ3v) is 4.22. The summed E-state index contributed by atoms with van der Waals surface area (Å²) >= 11 is 2.50. The van der Waals surface area contributed by atoms with Gasteiger partial charge in [0.2, 0.25) is 0 Å². The Balaban J connectivity index is 4.07. The van der Waals surface area contributed by atoms with Crippen molar-refractivity contribution in [3.8, 4) is 0 Å². The molecule has 2 heteroatoms. The van der Waals surface area contributed by atoms with Gasteiger partial charge in [-0.05, 0) is 42.4 Å². The second-order valence-corrected chi connectivity index (χ2v) is 4.26. The Kier molecular flexibility index (Phi) is 5.69. The highest BCUT2D eigenvalue weighted by Gasteiger charge is 2.24. The summed E-state index contributed by atoms with van der Waals surface area (Å²) in [5.74, 6) is 0. The van der Waals surface area contributed by atoms with Crippen molar-refractivity contribution in [2.24, 2.45) is 0 Å². The van der Waals surface area contributed by atoms with E-state index in [1.807, 2.05) is 0 Å². The van der Waals surface area contributed by atoms with E-state index < -0.39 is 0 Å². The first kappa shape index (κ1) is 11.7. The van der Waals surface area contributed by atoms with Crippen molar-refractivity contribution in [3.05, 3.63) is 0 Å². The number of hydrogen-bond donors (Lipinski definition) is 0. The maximum absolute atomic E-state index is 2.50. The van der Waals surface area contributed by atoms with Gasteiger partial charge in [-0.25, -0.2) is 0 Å². The van der Waals surface area contributed by atoms with E-state index in [2.05, 4.69) is 50.4 Å². The fraction of sp³-hybridized carbons (Fsp3) is 1.00. The summed E-state index contributed by atoms with van der Waals surface area (Å²) < 4.78 is 2.47. The highest BCUT2D eigenvalue weighted by atomic mass is 127. The monoisotopic (exact) mass is 270 g/mol. The number of rotatable bonds is 5. The highest BCUT2D eigenvalue weighted by molar-refractivity contribution is 14.1. The molecule has 0 aliphatic rings. The van der Waals surface area contributed by atoms with Gasteiger partial charge < -0.3 is 4.48 Å². The summed E-state index contributed by atoms with van der Waals surface area (Å²) in [6.07, 6.45) is 2.59. The first-order chi connectivity index (χ1) is 5.10. The molecule has 0 bridgehead atoms. The van der Waals surface area contributed by atoms with Crippen molar-refractivity contribution in [1.29, 1.82) is 0 Å². The molecule has 0 amide bonds. The summed E-state index contributed by atoms with van der Waals surface area (Å²) in [7, 11) is 2.37. The molecule has 0 aromatic rings. The van der Waals surface area contributed by atoms with Crippen LogP contribution in [0.1, 0.15) is 33.6 Å². The molecule has 0 fully saturated rings. The first-order valence-electron chi connectivity index (χ1n) is 4.50. The predicted octanol–water partition coefficient (Wildman–Crippen LogP) is 3.03. The van der Waals surface area contributed by atoms with Gasteiger partial charge in [-0.3, -0.25) is 0 Å². The van der Waals surface area contributed by atoms with Crippen LogP contribution < -0.4 is 0 Å². The molecule has 0 radical (unpaired) electrons. The van der Waals surface area contributed by atoms with Gasteiger partial charge in [0.05, 0.1) is 19.6 Å². The Hall–Kier alpha value is 0.690. The zero-order chi connectivity index (χ0) is 8.91. The van der Waals surface area contributed by atoms with Crippen LogP contribution in [-0.4, -0.2) is 28.7 Å². The average molecular weight is 270 g/mol. The van der Waals surface area contributed by atoms with Gasteiger partial charge in [0.25, 0.3) is 0 Å². The fourth-order valence-corrected chi connectivity index (χ4v) is 2.36. The van der Waals surface area contributed by atoms with E-state index in [-0.39, 0.29) is 0 Å². The van der Waals surface area contributed by atoms with Crippen LogP contribution in [0, 0.1) is 0 Å². The molecule has 0 aliphatic carbocycles. The van der Waals surface area contributed by atoms with Crippen LogP contribution in [-0.2, 0) is 0 Å². The lowest BCUT2D eigenvalue weighted by atomic mass is 10.2. The number of alkyl halides is 1. The van der Waals surface area contributed by atoms with Crippen molar-refractivity contribution < 1.29 is 4.48 Å². The third-order valence-electron chi connectivity index (χ3n) is 2.66. The smallest absolute Gasteiger partial charge is 0.129 e. The second kappa shape index (κ2) is 5.36. The lowest BCUT2D eigenvalue weighted by molar-refractivity contribution is -0.916. The third kappa shape index (κ3) is 3.28. The van der Waals surface area contributed by atoms with Gasteiger partial charge in [0.1, 0.15) is 4.55 Å². The van der Waals surface area contributed by atoms with Gasteiger partial charge in [0.15, 0.2) is 0 Å². The zero-order valence-electron chi connectivity index (χ0n) is 8.23. The summed E-state index contributed by atoms with van der Waals surface area (Å²) in [5.41, 5.74) is 0. The number of hydrogen-bond acceptors (Lipinski definition) is 0. The number of quaternary nitrogens is 1. The van der Waals surface area contributed by atoms with Crippen molar-refractivity contribution in [1.82, 2.24) is 0 Å². The molecular weight excluding hydrogens is 249 g/mol. The van der Waals surface area contributed by atoms with E-state index >= 15 is 0 Å². The average Bonchev–Trinajstić information content (AvgIpc) is 2.03. The van der Waals surface area contributed by atoms with Crippen molar-refractivity contribution in [3.63, 3.8) is 0 Å². The molecule has 2 atom stereocenters. The van der Waals surface area contributed by atoms with Crippen LogP contribution in [0.4, 0.5) is 0 Å². The molecule has 1 nitrogen and oxygen atoms in total. The molecule has 11 heavy (non-hydrogen) atoms. The molecule has 2 unspecified atom stereocenters. The largest absolute Gasteiger partial charge is 0.316 e. The normalized spacial score (nSPS) is 19.4. The standard InChI is InChI=1S/C9H21IN/c1-5-7-11(4,8-10)9(3)6-2/h9H,5-8H2,1-4H3/q+1. The van der Waals surface area contributed by atoms with Crippen molar-refractivity contribution in [2.45, 2.75) is 39.7 Å². The number of nitrogens with zero attached hydrogens (tertiary/aromatic N) is 1. The van der Waals surface area contributed by atoms with Crippen LogP contribution >= 0.6 is 22.6 Å². The van der Waals surface area contributed by atoms with Crippen molar-refractivity contribution >= 4 is 22.6 Å². The maximum Gasteiger partial charge on any atom is 0.129 e. The second-order valence-electron chi connectivity index (χ2n) is 3.58. The van der Waals surface area contributed by atoms with Crippen LogP contribution in [0.5, 0.6) is 0 Å². The first-order valence-corrected chi connectivity index (χ1v) is 6.03. The Morgan fingerprint density at radius 2 is 1.91 bits per heavy atom. The minimum absolute atomic E-state index is 0.812. The van der Waals surface area contributed by atoms with Crippen LogP contribution in [0.3, 0.4) is 0 Å². The lowest BCUT2D eigenvalue weighted by Crippen LogP contribution is -2.50. The van der Waals surface area contributed by atoms with Gasteiger partial charge in [-0.15, -0.1) is 0 Å². The van der Waals surface area contributed by atoms with Crippen LogP contribution in [0.2, 0.25) is 0 Å². The summed E-state index contributed by atoms with van der Waals surface area (Å²) in [5, 5.41) is 0. The van der Waals surface area contributed by atoms with Gasteiger partial charge in [-0.1, -0.05) is 13.8 Å². The van der Waals surface area contributed by atoms with Crippen molar-refractivity contribution in [2.75, 3.05) is 18.1 Å². The topological polar surface area (TPSA) is 0 Å². The minimum Gasteiger partial charge on any atom is -0.316 e. The molecule has 0 saturated heterocycles. The Labute approximate surface area is 84.9 Å². The zero-order valence-corrected chi connectivity index (χ0v) is 10.4. The molecule has 0 rings (SSSR count). The maximum atomic E-state index is 2.50. The molecule has 68 valence electrons. The summed E-state index contributed by atoms with van der Waals surface area (Å²) in [6.45, 7) is 8.22. The summed E-state index contributed by atoms with van der Waals surface area (Å²) in [4.78, 5) is 0. The van der Waals surface area contributed by atoms with Gasteiger partial charge in [0, 0.05) is 0 Å². The molecule has 0 aromatic carbocycles. The summed E-state index contributed by atoms with van der Waals surface area (Å²) in [6, 6.07) is 0.812. The molecule has 0 aromatic heterocycles. The van der Waals surface area contributed by atoms with E-state index in [1.165, 1.54) is 28.4 Å². The predicted molar refractivity (Wildman–Crippen MR) is 60.0 cm³/mol. The van der Waals surface area contributed by atoms with Gasteiger partial charge in [-0.2, -0.15) is 0 Å². The Morgan fingerprint density at radius 3 is 2.18 bits per heavy atom. The molecule has 0 heterocycles. The molecule has 0 spiro atoms. The lowest BCUT2D eigenvalue weighted by Gasteiger charge is -2.38. The fourth-order valence-electron chi connectivity index (χ4n) is 1.35. The van der Waals surface area contributed by atoms with E-state index in [1.54, 1.807) is 0 Å². The highest BCUT2D eigenvalue weighted by Crippen LogP contribution is 2.16. The molecule has 0 N–H and O–H groups in total. The minimum atomic E-state index is 0.812. The van der Waals surface area contributed by atoms with Gasteiger partial charge >= 0.3 is 0 Å². The van der Waals surface area contributed by atoms with E-state index in [0.717, 1.165) is 6.04 Å². The molecule has 0 aliphatic heterocycles. The Morgan fingerprint density at radius 1 is 1.36 bits per heavy atom. The van der Waals surface area contributed by atoms with E-state index in [9.17, 15) is 0 Å². The SMILES string of the molecule is CCC[N+](C)(CI)C(C)CC. The quantitative estimate of drug-likeness (QED) is 0.312. The van der Waals surface area contributed by atoms with E-state index in [4.69, 9.17) is 0 Å². The number of halogens is 1. The Bertz CT molecular complexity index is 106. The van der Waals surface area contributed by atoms with Crippen LogP contribution in [0.25, 0.3) is 0 Å². The molecular formula is C9H21IN+. The molecule has 0 saturated carbocycles. The van der Waals surface area contributed by atoms with Crippen LogP contribution in [0.15, 0.2) is 0 Å².